The van der Waals surface area contributed by atoms with Crippen molar-refractivity contribution >= 4 is 15.3 Å². The zero-order chi connectivity index (χ0) is 13.3. The van der Waals surface area contributed by atoms with Crippen LogP contribution in [0.15, 0.2) is 0 Å². The van der Waals surface area contributed by atoms with Crippen LogP contribution in [0.2, 0.25) is 0 Å². The van der Waals surface area contributed by atoms with Gasteiger partial charge in [0.25, 0.3) is 0 Å². The number of carbonyl (C=O) groups is 1. The Bertz CT molecular complexity index is 315. The predicted molar refractivity (Wildman–Crippen MR) is 77.3 cm³/mol. The summed E-state index contributed by atoms with van der Waals surface area (Å²) in [6, 6.07) is 1.20. The van der Waals surface area contributed by atoms with E-state index in [0.717, 1.165) is 39.0 Å². The number of hydrogen-bond acceptors (Lipinski definition) is 3. The van der Waals surface area contributed by atoms with Crippen LogP contribution in [-0.2, 0) is 4.79 Å². The summed E-state index contributed by atoms with van der Waals surface area (Å²) in [6.45, 7) is 10.4. The van der Waals surface area contributed by atoms with Gasteiger partial charge in [-0.25, -0.2) is 0 Å². The maximum Gasteiger partial charge on any atom is 0.225 e. The third-order valence-corrected chi connectivity index (χ3v) is 4.74. The quantitative estimate of drug-likeness (QED) is 0.764. The standard InChI is InChI=1S/C13H26N3OP/c1-4-10-7-13(2,3)12(17)14-5-6-16(10)11-8-15(18)9-11/h10-11H,4-9,18H2,1-3H3,(H,14,17). The molecule has 2 fully saturated rings. The van der Waals surface area contributed by atoms with Crippen molar-refractivity contribution in [3.05, 3.63) is 0 Å². The Balaban J connectivity index is 2.07. The number of amides is 1. The van der Waals surface area contributed by atoms with Crippen LogP contribution in [0.3, 0.4) is 0 Å². The van der Waals surface area contributed by atoms with Gasteiger partial charge in [-0.3, -0.25) is 14.4 Å². The van der Waals surface area contributed by atoms with Gasteiger partial charge in [-0.1, -0.05) is 30.2 Å². The normalized spacial score (nSPS) is 31.3. The molecule has 0 aromatic heterocycles. The van der Waals surface area contributed by atoms with Crippen LogP contribution in [0.25, 0.3) is 0 Å². The molecule has 0 aromatic rings. The molecule has 0 spiro atoms. The molecule has 1 amide bonds. The Hall–Kier alpha value is -0.180. The lowest BCUT2D eigenvalue weighted by Crippen LogP contribution is -2.62. The highest BCUT2D eigenvalue weighted by Crippen LogP contribution is 2.31. The van der Waals surface area contributed by atoms with Gasteiger partial charge in [0.1, 0.15) is 0 Å². The topological polar surface area (TPSA) is 35.6 Å². The third kappa shape index (κ3) is 2.87. The van der Waals surface area contributed by atoms with Crippen LogP contribution in [0.1, 0.15) is 33.6 Å². The first-order valence-corrected chi connectivity index (χ1v) is 7.49. The molecule has 2 rings (SSSR count). The lowest BCUT2D eigenvalue weighted by molar-refractivity contribution is -0.132. The molecule has 18 heavy (non-hydrogen) atoms. The van der Waals surface area contributed by atoms with Crippen molar-refractivity contribution in [3.8, 4) is 0 Å². The molecule has 1 N–H and O–H groups in total. The molecule has 5 heteroatoms. The van der Waals surface area contributed by atoms with Gasteiger partial charge in [0.05, 0.1) is 0 Å². The lowest BCUT2D eigenvalue weighted by Gasteiger charge is -2.49. The molecule has 2 atom stereocenters. The van der Waals surface area contributed by atoms with Gasteiger partial charge in [-0.15, -0.1) is 0 Å². The fraction of sp³-hybridized carbons (Fsp3) is 0.923. The minimum absolute atomic E-state index is 0.210. The van der Waals surface area contributed by atoms with Crippen LogP contribution in [0.4, 0.5) is 0 Å². The van der Waals surface area contributed by atoms with E-state index < -0.39 is 0 Å². The van der Waals surface area contributed by atoms with Crippen molar-refractivity contribution in [3.63, 3.8) is 0 Å². The Labute approximate surface area is 113 Å². The SMILES string of the molecule is CCC1CC(C)(C)C(=O)NCCN1C1CN(P)C1. The summed E-state index contributed by atoms with van der Waals surface area (Å²) in [5.74, 6) is 0.210. The van der Waals surface area contributed by atoms with E-state index in [1.54, 1.807) is 0 Å². The van der Waals surface area contributed by atoms with Gasteiger partial charge in [0, 0.05) is 43.7 Å². The number of rotatable bonds is 2. The van der Waals surface area contributed by atoms with E-state index in [9.17, 15) is 4.79 Å². The fourth-order valence-electron chi connectivity index (χ4n) is 3.08. The summed E-state index contributed by atoms with van der Waals surface area (Å²) in [4.78, 5) is 14.6. The molecule has 2 unspecified atom stereocenters. The Morgan fingerprint density at radius 3 is 2.67 bits per heavy atom. The molecule has 2 saturated heterocycles. The van der Waals surface area contributed by atoms with Crippen LogP contribution < -0.4 is 5.32 Å². The van der Waals surface area contributed by atoms with Crippen molar-refractivity contribution < 1.29 is 4.79 Å². The van der Waals surface area contributed by atoms with Gasteiger partial charge >= 0.3 is 0 Å². The molecular weight excluding hydrogens is 245 g/mol. The molecule has 4 nitrogen and oxygen atoms in total. The first-order valence-electron chi connectivity index (χ1n) is 6.97. The van der Waals surface area contributed by atoms with Crippen molar-refractivity contribution in [1.82, 2.24) is 14.9 Å². The van der Waals surface area contributed by atoms with Crippen molar-refractivity contribution in [2.75, 3.05) is 26.2 Å². The first kappa shape index (κ1) is 14.2. The zero-order valence-corrected chi connectivity index (χ0v) is 12.9. The predicted octanol–water partition coefficient (Wildman–Crippen LogP) is 1.09. The van der Waals surface area contributed by atoms with Crippen molar-refractivity contribution in [2.24, 2.45) is 5.41 Å². The highest BCUT2D eigenvalue weighted by molar-refractivity contribution is 7.13. The average Bonchev–Trinajstić information content (AvgIpc) is 2.27. The number of nitrogens with zero attached hydrogens (tertiary/aromatic N) is 2. The summed E-state index contributed by atoms with van der Waals surface area (Å²) in [7, 11) is 2.77. The van der Waals surface area contributed by atoms with Crippen LogP contribution in [0.5, 0.6) is 0 Å². The van der Waals surface area contributed by atoms with E-state index in [-0.39, 0.29) is 11.3 Å². The van der Waals surface area contributed by atoms with Gasteiger partial charge in [0.2, 0.25) is 5.91 Å². The monoisotopic (exact) mass is 271 g/mol. The summed E-state index contributed by atoms with van der Waals surface area (Å²) in [6.07, 6.45) is 2.09. The second kappa shape index (κ2) is 5.44. The first-order chi connectivity index (χ1) is 8.44. The second-order valence-corrected chi connectivity index (χ2v) is 6.98. The van der Waals surface area contributed by atoms with Crippen molar-refractivity contribution in [1.29, 1.82) is 0 Å². The molecule has 0 radical (unpaired) electrons. The van der Waals surface area contributed by atoms with Gasteiger partial charge < -0.3 is 5.32 Å². The number of nitrogens with one attached hydrogen (secondary N) is 1. The Morgan fingerprint density at radius 1 is 1.44 bits per heavy atom. The van der Waals surface area contributed by atoms with Crippen LogP contribution in [-0.4, -0.2) is 53.7 Å². The minimum atomic E-state index is -0.246. The molecule has 0 aromatic carbocycles. The average molecular weight is 271 g/mol. The maximum absolute atomic E-state index is 12.0. The van der Waals surface area contributed by atoms with E-state index in [2.05, 4.69) is 45.0 Å². The summed E-state index contributed by atoms with van der Waals surface area (Å²) >= 11 is 0. The summed E-state index contributed by atoms with van der Waals surface area (Å²) in [5, 5.41) is 3.06. The molecule has 0 bridgehead atoms. The number of carbonyl (C=O) groups excluding carboxylic acids is 1. The highest BCUT2D eigenvalue weighted by Gasteiger charge is 2.39. The molecule has 2 heterocycles. The number of hydrogen-bond donors (Lipinski definition) is 1. The maximum atomic E-state index is 12.0. The van der Waals surface area contributed by atoms with E-state index >= 15 is 0 Å². The fourth-order valence-corrected chi connectivity index (χ4v) is 3.56. The second-order valence-electron chi connectivity index (χ2n) is 6.25. The van der Waals surface area contributed by atoms with Crippen LogP contribution >= 0.6 is 9.39 Å². The van der Waals surface area contributed by atoms with E-state index in [1.165, 1.54) is 0 Å². The van der Waals surface area contributed by atoms with Gasteiger partial charge in [-0.2, -0.15) is 0 Å². The molecule has 104 valence electrons. The smallest absolute Gasteiger partial charge is 0.225 e. The molecule has 0 saturated carbocycles. The Morgan fingerprint density at radius 2 is 2.11 bits per heavy atom. The summed E-state index contributed by atoms with van der Waals surface area (Å²) < 4.78 is 2.28. The highest BCUT2D eigenvalue weighted by atomic mass is 31.0. The van der Waals surface area contributed by atoms with Gasteiger partial charge in [-0.05, 0) is 12.8 Å². The Kier molecular flexibility index (Phi) is 4.30. The minimum Gasteiger partial charge on any atom is -0.354 e. The van der Waals surface area contributed by atoms with Gasteiger partial charge in [0.15, 0.2) is 0 Å². The molecule has 2 aliphatic heterocycles. The third-order valence-electron chi connectivity index (χ3n) is 4.32. The van der Waals surface area contributed by atoms with Crippen LogP contribution in [0, 0.1) is 5.41 Å². The van der Waals surface area contributed by atoms with Crippen molar-refractivity contribution in [2.45, 2.75) is 45.7 Å². The van der Waals surface area contributed by atoms with E-state index in [1.807, 2.05) is 0 Å². The summed E-state index contributed by atoms with van der Waals surface area (Å²) in [5.41, 5.74) is -0.246. The van der Waals surface area contributed by atoms with E-state index in [0.29, 0.717) is 12.1 Å². The zero-order valence-electron chi connectivity index (χ0n) is 11.8. The molecule has 0 aliphatic carbocycles. The molecular formula is C13H26N3OP. The lowest BCUT2D eigenvalue weighted by atomic mass is 9.82. The molecule has 2 aliphatic rings. The largest absolute Gasteiger partial charge is 0.354 e. The van der Waals surface area contributed by atoms with E-state index in [4.69, 9.17) is 0 Å².